The summed E-state index contributed by atoms with van der Waals surface area (Å²) in [6.45, 7) is 9.36. The fourth-order valence-corrected chi connectivity index (χ4v) is 2.37. The second kappa shape index (κ2) is 7.41. The molecule has 1 atom stereocenters. The zero-order valence-corrected chi connectivity index (χ0v) is 13.5. The van der Waals surface area contributed by atoms with Gasteiger partial charge in [-0.3, -0.25) is 4.98 Å². The zero-order chi connectivity index (χ0) is 15.2. The Morgan fingerprint density at radius 1 is 1.19 bits per heavy atom. The van der Waals surface area contributed by atoms with Gasteiger partial charge in [0.25, 0.3) is 0 Å². The molecule has 0 aliphatic rings. The minimum absolute atomic E-state index is 0.228. The van der Waals surface area contributed by atoms with Gasteiger partial charge in [-0.05, 0) is 25.5 Å². The SMILES string of the molecule is CCCC(C)Oc1cc(CNC(C)C)nc2ccccc12. The van der Waals surface area contributed by atoms with Crippen molar-refractivity contribution in [2.24, 2.45) is 0 Å². The summed E-state index contributed by atoms with van der Waals surface area (Å²) in [4.78, 5) is 4.72. The summed E-state index contributed by atoms with van der Waals surface area (Å²) in [5.41, 5.74) is 2.03. The number of nitrogens with zero attached hydrogens (tertiary/aromatic N) is 1. The number of nitrogens with one attached hydrogen (secondary N) is 1. The smallest absolute Gasteiger partial charge is 0.130 e. The van der Waals surface area contributed by atoms with E-state index in [4.69, 9.17) is 9.72 Å². The molecule has 0 saturated carbocycles. The molecule has 1 aromatic heterocycles. The number of hydrogen-bond donors (Lipinski definition) is 1. The first-order chi connectivity index (χ1) is 10.1. The van der Waals surface area contributed by atoms with Gasteiger partial charge in [0.15, 0.2) is 0 Å². The van der Waals surface area contributed by atoms with E-state index in [1.165, 1.54) is 0 Å². The van der Waals surface area contributed by atoms with Crippen molar-refractivity contribution in [1.29, 1.82) is 0 Å². The van der Waals surface area contributed by atoms with E-state index < -0.39 is 0 Å². The molecule has 2 aromatic rings. The van der Waals surface area contributed by atoms with Gasteiger partial charge in [-0.2, -0.15) is 0 Å². The number of ether oxygens (including phenoxy) is 1. The molecule has 1 aromatic carbocycles. The van der Waals surface area contributed by atoms with Crippen LogP contribution in [0.4, 0.5) is 0 Å². The lowest BCUT2D eigenvalue weighted by Crippen LogP contribution is -2.22. The van der Waals surface area contributed by atoms with E-state index in [2.05, 4.69) is 45.1 Å². The van der Waals surface area contributed by atoms with Gasteiger partial charge >= 0.3 is 0 Å². The van der Waals surface area contributed by atoms with E-state index in [9.17, 15) is 0 Å². The standard InChI is InChI=1S/C18H26N2O/c1-5-8-14(4)21-18-11-15(12-19-13(2)3)20-17-10-7-6-9-16(17)18/h6-7,9-11,13-14,19H,5,8,12H2,1-4H3. The lowest BCUT2D eigenvalue weighted by Gasteiger charge is -2.17. The highest BCUT2D eigenvalue weighted by molar-refractivity contribution is 5.85. The van der Waals surface area contributed by atoms with E-state index in [1.54, 1.807) is 0 Å². The fourth-order valence-electron chi connectivity index (χ4n) is 2.37. The maximum Gasteiger partial charge on any atom is 0.130 e. The summed E-state index contributed by atoms with van der Waals surface area (Å²) in [5.74, 6) is 0.946. The molecule has 0 bridgehead atoms. The van der Waals surface area contributed by atoms with Crippen LogP contribution < -0.4 is 10.1 Å². The quantitative estimate of drug-likeness (QED) is 0.824. The van der Waals surface area contributed by atoms with Crippen LogP contribution in [0, 0.1) is 0 Å². The Bertz CT molecular complexity index is 580. The molecule has 0 radical (unpaired) electrons. The number of fused-ring (bicyclic) bond motifs is 1. The van der Waals surface area contributed by atoms with Crippen LogP contribution in [0.5, 0.6) is 5.75 Å². The summed E-state index contributed by atoms with van der Waals surface area (Å²) in [7, 11) is 0. The third kappa shape index (κ3) is 4.43. The molecule has 0 saturated heterocycles. The zero-order valence-electron chi connectivity index (χ0n) is 13.5. The maximum atomic E-state index is 6.15. The summed E-state index contributed by atoms with van der Waals surface area (Å²) in [5, 5.41) is 4.51. The highest BCUT2D eigenvalue weighted by atomic mass is 16.5. The monoisotopic (exact) mass is 286 g/mol. The largest absolute Gasteiger partial charge is 0.490 e. The molecule has 0 aliphatic carbocycles. The van der Waals surface area contributed by atoms with Crippen LogP contribution in [0.1, 0.15) is 46.2 Å². The van der Waals surface area contributed by atoms with Crippen LogP contribution in [-0.4, -0.2) is 17.1 Å². The minimum atomic E-state index is 0.228. The van der Waals surface area contributed by atoms with Crippen LogP contribution in [0.15, 0.2) is 30.3 Å². The second-order valence-electron chi connectivity index (χ2n) is 5.88. The van der Waals surface area contributed by atoms with E-state index in [0.717, 1.165) is 41.7 Å². The van der Waals surface area contributed by atoms with Crippen molar-refractivity contribution in [3.63, 3.8) is 0 Å². The lowest BCUT2D eigenvalue weighted by atomic mass is 10.1. The van der Waals surface area contributed by atoms with Crippen LogP contribution in [-0.2, 0) is 6.54 Å². The number of hydrogen-bond acceptors (Lipinski definition) is 3. The Hall–Kier alpha value is -1.61. The van der Waals surface area contributed by atoms with E-state index in [0.29, 0.717) is 6.04 Å². The third-order valence-corrected chi connectivity index (χ3v) is 3.45. The molecule has 0 spiro atoms. The molecular weight excluding hydrogens is 260 g/mol. The first-order valence-corrected chi connectivity index (χ1v) is 7.88. The summed E-state index contributed by atoms with van der Waals surface area (Å²) < 4.78 is 6.15. The van der Waals surface area contributed by atoms with Crippen molar-refractivity contribution in [3.8, 4) is 5.75 Å². The molecule has 21 heavy (non-hydrogen) atoms. The summed E-state index contributed by atoms with van der Waals surface area (Å²) >= 11 is 0. The Kier molecular flexibility index (Phi) is 5.57. The molecule has 3 nitrogen and oxygen atoms in total. The van der Waals surface area contributed by atoms with Gasteiger partial charge < -0.3 is 10.1 Å². The average Bonchev–Trinajstić information content (AvgIpc) is 2.45. The predicted molar refractivity (Wildman–Crippen MR) is 88.7 cm³/mol. The van der Waals surface area contributed by atoms with Gasteiger partial charge in [0.1, 0.15) is 5.75 Å². The molecule has 1 N–H and O–H groups in total. The molecule has 0 aliphatic heterocycles. The van der Waals surface area contributed by atoms with E-state index >= 15 is 0 Å². The molecule has 0 amide bonds. The van der Waals surface area contributed by atoms with E-state index in [-0.39, 0.29) is 6.10 Å². The Labute approximate surface area is 127 Å². The van der Waals surface area contributed by atoms with Gasteiger partial charge in [0.2, 0.25) is 0 Å². The first kappa shape index (κ1) is 15.8. The van der Waals surface area contributed by atoms with Gasteiger partial charge in [-0.1, -0.05) is 39.3 Å². The van der Waals surface area contributed by atoms with Crippen LogP contribution in [0.25, 0.3) is 10.9 Å². The van der Waals surface area contributed by atoms with Crippen LogP contribution >= 0.6 is 0 Å². The van der Waals surface area contributed by atoms with Crippen molar-refractivity contribution in [1.82, 2.24) is 10.3 Å². The Balaban J connectivity index is 2.31. The predicted octanol–water partition coefficient (Wildman–Crippen LogP) is 4.30. The molecule has 3 heteroatoms. The van der Waals surface area contributed by atoms with Gasteiger partial charge in [-0.25, -0.2) is 0 Å². The summed E-state index contributed by atoms with van der Waals surface area (Å²) in [6, 6.07) is 10.7. The highest BCUT2D eigenvalue weighted by Crippen LogP contribution is 2.27. The molecule has 114 valence electrons. The van der Waals surface area contributed by atoms with Gasteiger partial charge in [0, 0.05) is 24.0 Å². The first-order valence-electron chi connectivity index (χ1n) is 7.88. The number of para-hydroxylation sites is 1. The molecular formula is C18H26N2O. The molecule has 2 rings (SSSR count). The van der Waals surface area contributed by atoms with Crippen molar-refractivity contribution in [3.05, 3.63) is 36.0 Å². The second-order valence-corrected chi connectivity index (χ2v) is 5.88. The molecule has 1 unspecified atom stereocenters. The normalized spacial score (nSPS) is 12.8. The summed E-state index contributed by atoms with van der Waals surface area (Å²) in [6.07, 6.45) is 2.43. The minimum Gasteiger partial charge on any atom is -0.490 e. The third-order valence-electron chi connectivity index (χ3n) is 3.45. The van der Waals surface area contributed by atoms with Crippen molar-refractivity contribution in [2.45, 2.75) is 59.2 Å². The van der Waals surface area contributed by atoms with Crippen LogP contribution in [0.3, 0.4) is 0 Å². The van der Waals surface area contributed by atoms with Crippen molar-refractivity contribution < 1.29 is 4.74 Å². The average molecular weight is 286 g/mol. The van der Waals surface area contributed by atoms with Gasteiger partial charge in [0.05, 0.1) is 17.3 Å². The van der Waals surface area contributed by atoms with Crippen molar-refractivity contribution >= 4 is 10.9 Å². The van der Waals surface area contributed by atoms with E-state index in [1.807, 2.05) is 18.2 Å². The highest BCUT2D eigenvalue weighted by Gasteiger charge is 2.10. The van der Waals surface area contributed by atoms with Crippen molar-refractivity contribution in [2.75, 3.05) is 0 Å². The van der Waals surface area contributed by atoms with Crippen LogP contribution in [0.2, 0.25) is 0 Å². The topological polar surface area (TPSA) is 34.1 Å². The maximum absolute atomic E-state index is 6.15. The Morgan fingerprint density at radius 2 is 1.95 bits per heavy atom. The molecule has 0 fully saturated rings. The van der Waals surface area contributed by atoms with Gasteiger partial charge in [-0.15, -0.1) is 0 Å². The number of pyridine rings is 1. The fraction of sp³-hybridized carbons (Fsp3) is 0.500. The molecule has 1 heterocycles. The Morgan fingerprint density at radius 3 is 2.67 bits per heavy atom. The lowest BCUT2D eigenvalue weighted by molar-refractivity contribution is 0.212. The number of aromatic nitrogens is 1. The number of rotatable bonds is 7. The number of benzene rings is 1.